The molecular weight excluding hydrogens is 314 g/mol. The Morgan fingerprint density at radius 2 is 1.96 bits per heavy atom. The highest BCUT2D eigenvalue weighted by atomic mass is 32.2. The summed E-state index contributed by atoms with van der Waals surface area (Å²) in [5.74, 6) is -0.943. The van der Waals surface area contributed by atoms with Gasteiger partial charge in [-0.05, 0) is 36.3 Å². The van der Waals surface area contributed by atoms with Crippen LogP contribution >= 0.6 is 0 Å². The summed E-state index contributed by atoms with van der Waals surface area (Å²) in [6.45, 7) is 2.53. The number of fused-ring (bicyclic) bond motifs is 1. The maximum absolute atomic E-state index is 12.7. The lowest BCUT2D eigenvalue weighted by atomic mass is 9.81. The molecule has 1 heterocycles. The van der Waals surface area contributed by atoms with Gasteiger partial charge in [-0.25, -0.2) is 12.7 Å². The van der Waals surface area contributed by atoms with E-state index in [-0.39, 0.29) is 18.2 Å². The molecule has 1 saturated heterocycles. The Labute approximate surface area is 137 Å². The fourth-order valence-corrected chi connectivity index (χ4v) is 5.61. The molecule has 1 aromatic carbocycles. The van der Waals surface area contributed by atoms with Crippen molar-refractivity contribution in [2.24, 2.45) is 11.3 Å². The van der Waals surface area contributed by atoms with Crippen molar-refractivity contribution in [1.29, 1.82) is 0 Å². The minimum Gasteiger partial charge on any atom is -0.481 e. The second-order valence-electron chi connectivity index (χ2n) is 6.77. The summed E-state index contributed by atoms with van der Waals surface area (Å²) in [7, 11) is -3.48. The van der Waals surface area contributed by atoms with E-state index in [2.05, 4.69) is 6.92 Å². The monoisotopic (exact) mass is 337 g/mol. The van der Waals surface area contributed by atoms with Crippen molar-refractivity contribution in [2.45, 2.75) is 38.4 Å². The number of benzene rings is 1. The van der Waals surface area contributed by atoms with Crippen LogP contribution in [0, 0.1) is 11.3 Å². The van der Waals surface area contributed by atoms with Crippen molar-refractivity contribution >= 4 is 16.0 Å². The smallest absolute Gasteiger partial charge is 0.311 e. The van der Waals surface area contributed by atoms with Gasteiger partial charge in [-0.2, -0.15) is 0 Å². The van der Waals surface area contributed by atoms with Gasteiger partial charge in [0.15, 0.2) is 0 Å². The molecule has 3 rings (SSSR count). The van der Waals surface area contributed by atoms with Gasteiger partial charge >= 0.3 is 5.97 Å². The van der Waals surface area contributed by atoms with E-state index in [9.17, 15) is 18.3 Å². The van der Waals surface area contributed by atoms with E-state index in [1.165, 1.54) is 9.87 Å². The van der Waals surface area contributed by atoms with Gasteiger partial charge in [-0.3, -0.25) is 4.79 Å². The third kappa shape index (κ3) is 2.90. The van der Waals surface area contributed by atoms with Gasteiger partial charge in [0, 0.05) is 13.1 Å². The zero-order valence-electron chi connectivity index (χ0n) is 13.4. The molecule has 0 bridgehead atoms. The summed E-state index contributed by atoms with van der Waals surface area (Å²) in [4.78, 5) is 11.7. The van der Waals surface area contributed by atoms with Crippen molar-refractivity contribution in [3.63, 3.8) is 0 Å². The first-order chi connectivity index (χ1) is 10.9. The first-order valence-electron chi connectivity index (χ1n) is 8.16. The number of aliphatic carboxylic acids is 1. The Morgan fingerprint density at radius 3 is 2.52 bits per heavy atom. The topological polar surface area (TPSA) is 74.7 Å². The van der Waals surface area contributed by atoms with E-state index in [1.807, 2.05) is 24.3 Å². The van der Waals surface area contributed by atoms with Crippen LogP contribution in [0.2, 0.25) is 0 Å². The van der Waals surface area contributed by atoms with Crippen molar-refractivity contribution in [2.75, 3.05) is 13.1 Å². The average molecular weight is 337 g/mol. The molecule has 6 heteroatoms. The van der Waals surface area contributed by atoms with Crippen LogP contribution in [0.4, 0.5) is 0 Å². The number of hydrogen-bond acceptors (Lipinski definition) is 3. The van der Waals surface area contributed by atoms with E-state index in [4.69, 9.17) is 0 Å². The number of rotatable bonds is 5. The van der Waals surface area contributed by atoms with E-state index in [1.54, 1.807) is 0 Å². The molecule has 1 saturated carbocycles. The zero-order valence-corrected chi connectivity index (χ0v) is 14.2. The zero-order chi connectivity index (χ0) is 16.7. The van der Waals surface area contributed by atoms with Crippen LogP contribution in [-0.4, -0.2) is 36.9 Å². The minimum absolute atomic E-state index is 0.0442. The van der Waals surface area contributed by atoms with E-state index < -0.39 is 21.4 Å². The Kier molecular flexibility index (Phi) is 4.23. The van der Waals surface area contributed by atoms with Crippen molar-refractivity contribution in [3.8, 4) is 0 Å². The van der Waals surface area contributed by atoms with E-state index in [0.29, 0.717) is 13.0 Å². The number of aryl methyl sites for hydroxylation is 1. The first-order valence-corrected chi connectivity index (χ1v) is 9.77. The molecule has 0 radical (unpaired) electrons. The molecule has 2 atom stereocenters. The summed E-state index contributed by atoms with van der Waals surface area (Å²) >= 11 is 0. The van der Waals surface area contributed by atoms with Crippen molar-refractivity contribution < 1.29 is 18.3 Å². The molecule has 2 fully saturated rings. The number of carboxylic acids is 1. The first kappa shape index (κ1) is 16.5. The molecule has 0 unspecified atom stereocenters. The SMILES string of the molecule is CCc1ccc(CS(=O)(=O)N2C[C@@H]3CCC[C@@]3(C(=O)O)C2)cc1. The summed E-state index contributed by atoms with van der Waals surface area (Å²) in [5, 5.41) is 9.58. The molecule has 5 nitrogen and oxygen atoms in total. The molecule has 126 valence electrons. The fraction of sp³-hybridized carbons (Fsp3) is 0.588. The van der Waals surface area contributed by atoms with E-state index in [0.717, 1.165) is 24.8 Å². The molecule has 1 aliphatic heterocycles. The summed E-state index contributed by atoms with van der Waals surface area (Å²) < 4.78 is 26.8. The van der Waals surface area contributed by atoms with Crippen LogP contribution in [0.5, 0.6) is 0 Å². The van der Waals surface area contributed by atoms with Gasteiger partial charge in [0.05, 0.1) is 11.2 Å². The lowest BCUT2D eigenvalue weighted by Crippen LogP contribution is -2.37. The molecular formula is C17H23NO4S. The minimum atomic E-state index is -3.48. The van der Waals surface area contributed by atoms with Gasteiger partial charge in [0.25, 0.3) is 0 Å². The van der Waals surface area contributed by atoms with Crippen LogP contribution < -0.4 is 0 Å². The Morgan fingerprint density at radius 1 is 1.30 bits per heavy atom. The van der Waals surface area contributed by atoms with Crippen LogP contribution in [0.25, 0.3) is 0 Å². The molecule has 2 aliphatic rings. The van der Waals surface area contributed by atoms with Gasteiger partial charge in [-0.15, -0.1) is 0 Å². The summed E-state index contributed by atoms with van der Waals surface area (Å²) in [6, 6.07) is 7.59. The molecule has 1 aromatic rings. The highest BCUT2D eigenvalue weighted by molar-refractivity contribution is 7.88. The predicted octanol–water partition coefficient (Wildman–Crippen LogP) is 2.27. The fourth-order valence-electron chi connectivity index (χ4n) is 3.98. The number of sulfonamides is 1. The molecule has 1 N–H and O–H groups in total. The van der Waals surface area contributed by atoms with E-state index >= 15 is 0 Å². The second kappa shape index (κ2) is 5.91. The Bertz CT molecular complexity index is 698. The number of nitrogens with zero attached hydrogens (tertiary/aromatic N) is 1. The van der Waals surface area contributed by atoms with Crippen LogP contribution in [0.15, 0.2) is 24.3 Å². The number of hydrogen-bond donors (Lipinski definition) is 1. The molecule has 0 aromatic heterocycles. The maximum Gasteiger partial charge on any atom is 0.311 e. The van der Waals surface area contributed by atoms with Gasteiger partial charge in [-0.1, -0.05) is 37.6 Å². The average Bonchev–Trinajstić information content (AvgIpc) is 3.06. The third-order valence-electron chi connectivity index (χ3n) is 5.44. The van der Waals surface area contributed by atoms with Gasteiger partial charge in [0.2, 0.25) is 10.0 Å². The molecule has 1 aliphatic carbocycles. The Hall–Kier alpha value is -1.40. The van der Waals surface area contributed by atoms with Gasteiger partial charge in [0.1, 0.15) is 0 Å². The van der Waals surface area contributed by atoms with Crippen molar-refractivity contribution in [1.82, 2.24) is 4.31 Å². The van der Waals surface area contributed by atoms with Crippen LogP contribution in [0.3, 0.4) is 0 Å². The largest absolute Gasteiger partial charge is 0.481 e. The molecule has 23 heavy (non-hydrogen) atoms. The highest BCUT2D eigenvalue weighted by Crippen LogP contribution is 2.49. The summed E-state index contributed by atoms with van der Waals surface area (Å²) in [6.07, 6.45) is 3.19. The van der Waals surface area contributed by atoms with Gasteiger partial charge < -0.3 is 5.11 Å². The normalized spacial score (nSPS) is 28.0. The number of carboxylic acid groups (broad SMARTS) is 1. The summed E-state index contributed by atoms with van der Waals surface area (Å²) in [5.41, 5.74) is 1.06. The molecule has 0 spiro atoms. The van der Waals surface area contributed by atoms with Crippen molar-refractivity contribution in [3.05, 3.63) is 35.4 Å². The lowest BCUT2D eigenvalue weighted by molar-refractivity contribution is -0.149. The molecule has 0 amide bonds. The second-order valence-corrected chi connectivity index (χ2v) is 8.74. The third-order valence-corrected chi connectivity index (χ3v) is 7.20. The van der Waals surface area contributed by atoms with Crippen LogP contribution in [0.1, 0.15) is 37.3 Å². The maximum atomic E-state index is 12.7. The standard InChI is InChI=1S/C17H23NO4S/c1-2-13-5-7-14(8-6-13)11-23(21,22)18-10-15-4-3-9-17(15,12-18)16(19)20/h5-8,15H,2-4,9-12H2,1H3,(H,19,20)/t15-,17+/m0/s1. The number of carbonyl (C=O) groups is 1. The lowest BCUT2D eigenvalue weighted by Gasteiger charge is -2.23. The predicted molar refractivity (Wildman–Crippen MR) is 87.4 cm³/mol. The highest BCUT2D eigenvalue weighted by Gasteiger charge is 2.56. The Balaban J connectivity index is 1.77. The quantitative estimate of drug-likeness (QED) is 0.894. The van der Waals surface area contributed by atoms with Crippen LogP contribution in [-0.2, 0) is 27.0 Å².